The highest BCUT2D eigenvalue weighted by atomic mass is 79.9. The predicted molar refractivity (Wildman–Crippen MR) is 74.9 cm³/mol. The van der Waals surface area contributed by atoms with Crippen molar-refractivity contribution in [2.45, 2.75) is 0 Å². The van der Waals surface area contributed by atoms with Crippen LogP contribution in [-0.4, -0.2) is 12.9 Å². The van der Waals surface area contributed by atoms with E-state index in [9.17, 15) is 9.18 Å². The average molecular weight is 324 g/mol. The first-order valence-corrected chi connectivity index (χ1v) is 6.25. The van der Waals surface area contributed by atoms with Crippen LogP contribution in [0, 0.1) is 5.82 Å². The van der Waals surface area contributed by atoms with Gasteiger partial charge in [0.05, 0.1) is 17.3 Å². The Morgan fingerprint density at radius 3 is 2.42 bits per heavy atom. The number of ether oxygens (including phenoxy) is 1. The number of halogens is 2. The van der Waals surface area contributed by atoms with E-state index >= 15 is 0 Å². The molecule has 0 bridgehead atoms. The minimum atomic E-state index is -0.411. The number of hydrogen-bond donors (Lipinski definition) is 1. The van der Waals surface area contributed by atoms with Gasteiger partial charge in [-0.1, -0.05) is 0 Å². The van der Waals surface area contributed by atoms with Crippen LogP contribution >= 0.6 is 15.9 Å². The van der Waals surface area contributed by atoms with Crippen molar-refractivity contribution in [2.24, 2.45) is 0 Å². The van der Waals surface area contributed by atoms with Crippen LogP contribution in [0.2, 0.25) is 0 Å². The maximum Gasteiger partial charge on any atom is 0.193 e. The van der Waals surface area contributed by atoms with Gasteiger partial charge in [0.25, 0.3) is 0 Å². The molecule has 0 amide bonds. The van der Waals surface area contributed by atoms with Crippen molar-refractivity contribution >= 4 is 27.4 Å². The number of rotatable bonds is 3. The largest absolute Gasteiger partial charge is 0.495 e. The highest BCUT2D eigenvalue weighted by Gasteiger charge is 2.12. The molecule has 0 saturated heterocycles. The molecule has 2 N–H and O–H groups in total. The number of ketones is 1. The molecule has 0 aliphatic heterocycles. The summed E-state index contributed by atoms with van der Waals surface area (Å²) in [5.41, 5.74) is 6.95. The summed E-state index contributed by atoms with van der Waals surface area (Å²) in [6.07, 6.45) is 0. The monoisotopic (exact) mass is 323 g/mol. The van der Waals surface area contributed by atoms with Crippen LogP contribution in [-0.2, 0) is 0 Å². The van der Waals surface area contributed by atoms with Gasteiger partial charge in [0.1, 0.15) is 11.6 Å². The van der Waals surface area contributed by atoms with Crippen LogP contribution in [0.15, 0.2) is 40.9 Å². The molecule has 0 heterocycles. The number of anilines is 1. The number of methoxy groups -OCH3 is 1. The SMILES string of the molecule is COc1ccc(C(=O)c2ccc(F)c(Br)c2)cc1N. The predicted octanol–water partition coefficient (Wildman–Crippen LogP) is 3.41. The van der Waals surface area contributed by atoms with Gasteiger partial charge >= 0.3 is 0 Å². The second kappa shape index (κ2) is 5.40. The lowest BCUT2D eigenvalue weighted by Crippen LogP contribution is -2.03. The first-order chi connectivity index (χ1) is 9.02. The van der Waals surface area contributed by atoms with E-state index in [1.807, 2.05) is 0 Å². The number of nitrogen functional groups attached to an aromatic ring is 1. The van der Waals surface area contributed by atoms with Crippen molar-refractivity contribution in [1.82, 2.24) is 0 Å². The van der Waals surface area contributed by atoms with Crippen molar-refractivity contribution in [3.05, 3.63) is 57.8 Å². The molecule has 0 radical (unpaired) electrons. The third-order valence-corrected chi connectivity index (χ3v) is 3.28. The van der Waals surface area contributed by atoms with E-state index < -0.39 is 5.82 Å². The summed E-state index contributed by atoms with van der Waals surface area (Å²) in [6.45, 7) is 0. The van der Waals surface area contributed by atoms with Crippen molar-refractivity contribution in [3.63, 3.8) is 0 Å². The summed E-state index contributed by atoms with van der Waals surface area (Å²) in [5, 5.41) is 0. The van der Waals surface area contributed by atoms with Gasteiger partial charge < -0.3 is 10.5 Å². The summed E-state index contributed by atoms with van der Waals surface area (Å²) in [4.78, 5) is 12.2. The Balaban J connectivity index is 2.38. The molecule has 0 aliphatic carbocycles. The molecule has 0 atom stereocenters. The molecule has 0 spiro atoms. The van der Waals surface area contributed by atoms with Crippen molar-refractivity contribution in [1.29, 1.82) is 0 Å². The topological polar surface area (TPSA) is 52.3 Å². The molecule has 3 nitrogen and oxygen atoms in total. The highest BCUT2D eigenvalue weighted by molar-refractivity contribution is 9.10. The summed E-state index contributed by atoms with van der Waals surface area (Å²) >= 11 is 3.05. The van der Waals surface area contributed by atoms with Gasteiger partial charge in [-0.2, -0.15) is 0 Å². The zero-order chi connectivity index (χ0) is 14.0. The molecule has 98 valence electrons. The number of benzene rings is 2. The molecule has 0 fully saturated rings. The summed E-state index contributed by atoms with van der Waals surface area (Å²) in [7, 11) is 1.50. The van der Waals surface area contributed by atoms with Crippen molar-refractivity contribution in [2.75, 3.05) is 12.8 Å². The Labute approximate surface area is 118 Å². The van der Waals surface area contributed by atoms with E-state index in [1.165, 1.54) is 25.3 Å². The van der Waals surface area contributed by atoms with E-state index in [0.717, 1.165) is 0 Å². The van der Waals surface area contributed by atoms with E-state index in [2.05, 4.69) is 15.9 Å². The molecule has 19 heavy (non-hydrogen) atoms. The van der Waals surface area contributed by atoms with Gasteiger partial charge in [-0.3, -0.25) is 4.79 Å². The van der Waals surface area contributed by atoms with Crippen molar-refractivity contribution in [3.8, 4) is 5.75 Å². The fourth-order valence-electron chi connectivity index (χ4n) is 1.68. The Hall–Kier alpha value is -1.88. The standard InChI is InChI=1S/C14H11BrFNO2/c1-19-13-5-3-9(7-12(13)17)14(18)8-2-4-11(16)10(15)6-8/h2-7H,17H2,1H3. The number of hydrogen-bond acceptors (Lipinski definition) is 3. The van der Waals surface area contributed by atoms with Crippen LogP contribution in [0.4, 0.5) is 10.1 Å². The molecule has 5 heteroatoms. The van der Waals surface area contributed by atoms with Gasteiger partial charge in [-0.25, -0.2) is 4.39 Å². The maximum absolute atomic E-state index is 13.1. The van der Waals surface area contributed by atoms with Gasteiger partial charge in [0, 0.05) is 11.1 Å². The Kier molecular flexibility index (Phi) is 3.85. The lowest BCUT2D eigenvalue weighted by Gasteiger charge is -2.07. The van der Waals surface area contributed by atoms with Gasteiger partial charge in [0.2, 0.25) is 0 Å². The molecule has 0 unspecified atom stereocenters. The zero-order valence-corrected chi connectivity index (χ0v) is 11.7. The molecule has 0 saturated carbocycles. The normalized spacial score (nSPS) is 10.3. The lowest BCUT2D eigenvalue weighted by atomic mass is 10.0. The second-order valence-corrected chi connectivity index (χ2v) is 4.77. The molecular formula is C14H11BrFNO2. The number of carbonyl (C=O) groups excluding carboxylic acids is 1. The molecule has 0 aliphatic rings. The quantitative estimate of drug-likeness (QED) is 0.695. The number of carbonyl (C=O) groups is 1. The minimum absolute atomic E-state index is 0.227. The molecule has 2 aromatic rings. The molecule has 0 aromatic heterocycles. The molecular weight excluding hydrogens is 313 g/mol. The highest BCUT2D eigenvalue weighted by Crippen LogP contribution is 2.24. The lowest BCUT2D eigenvalue weighted by molar-refractivity contribution is 0.103. The Bertz CT molecular complexity index is 643. The maximum atomic E-state index is 13.1. The smallest absolute Gasteiger partial charge is 0.193 e. The minimum Gasteiger partial charge on any atom is -0.495 e. The van der Waals surface area contributed by atoms with E-state index in [1.54, 1.807) is 18.2 Å². The fraction of sp³-hybridized carbons (Fsp3) is 0.0714. The Morgan fingerprint density at radius 2 is 1.84 bits per heavy atom. The van der Waals surface area contributed by atoms with Crippen LogP contribution in [0.25, 0.3) is 0 Å². The first kappa shape index (κ1) is 13.5. The van der Waals surface area contributed by atoms with E-state index in [-0.39, 0.29) is 10.3 Å². The van der Waals surface area contributed by atoms with Gasteiger partial charge in [-0.05, 0) is 52.3 Å². The number of nitrogens with two attached hydrogens (primary N) is 1. The zero-order valence-electron chi connectivity index (χ0n) is 10.1. The summed E-state index contributed by atoms with van der Waals surface area (Å²) in [5.74, 6) is -0.127. The fourth-order valence-corrected chi connectivity index (χ4v) is 2.06. The Morgan fingerprint density at radius 1 is 1.21 bits per heavy atom. The average Bonchev–Trinajstić information content (AvgIpc) is 2.41. The van der Waals surface area contributed by atoms with Gasteiger partial charge in [-0.15, -0.1) is 0 Å². The van der Waals surface area contributed by atoms with E-state index in [4.69, 9.17) is 10.5 Å². The first-order valence-electron chi connectivity index (χ1n) is 5.46. The second-order valence-electron chi connectivity index (χ2n) is 3.91. The van der Waals surface area contributed by atoms with Crippen LogP contribution in [0.5, 0.6) is 5.75 Å². The molecule has 2 rings (SSSR count). The van der Waals surface area contributed by atoms with Crippen LogP contribution in [0.3, 0.4) is 0 Å². The summed E-state index contributed by atoms with van der Waals surface area (Å²) < 4.78 is 18.4. The third-order valence-electron chi connectivity index (χ3n) is 2.67. The van der Waals surface area contributed by atoms with Gasteiger partial charge in [0.15, 0.2) is 5.78 Å². The summed E-state index contributed by atoms with van der Waals surface area (Å²) in [6, 6.07) is 8.90. The molecule has 2 aromatic carbocycles. The third kappa shape index (κ3) is 2.76. The van der Waals surface area contributed by atoms with E-state index in [0.29, 0.717) is 22.6 Å². The van der Waals surface area contributed by atoms with Crippen molar-refractivity contribution < 1.29 is 13.9 Å². The van der Waals surface area contributed by atoms with Crippen LogP contribution in [0.1, 0.15) is 15.9 Å². The van der Waals surface area contributed by atoms with Crippen LogP contribution < -0.4 is 10.5 Å².